The number of nitrogens with zero attached hydrogens (tertiary/aromatic N) is 1. The van der Waals surface area contributed by atoms with Crippen LogP contribution in [0.4, 0.5) is 30.2 Å². The average Bonchev–Trinajstić information content (AvgIpc) is 2.97. The van der Waals surface area contributed by atoms with Gasteiger partial charge in [-0.3, -0.25) is 14.5 Å². The van der Waals surface area contributed by atoms with Gasteiger partial charge < -0.3 is 26.4 Å². The lowest BCUT2D eigenvalue weighted by Gasteiger charge is -2.27. The van der Waals surface area contributed by atoms with Crippen LogP contribution in [0, 0.1) is 0 Å². The first-order chi connectivity index (χ1) is 20.6. The molecule has 1 fully saturated rings. The smallest absolute Gasteiger partial charge is 0.397 e. The van der Waals surface area contributed by atoms with Crippen molar-refractivity contribution in [2.75, 3.05) is 55.8 Å². The fraction of sp³-hybridized carbons (Fsp3) is 0.290. The van der Waals surface area contributed by atoms with Crippen LogP contribution in [0.25, 0.3) is 6.08 Å². The van der Waals surface area contributed by atoms with Crippen LogP contribution in [0.3, 0.4) is 0 Å². The third-order valence-electron chi connectivity index (χ3n) is 6.82. The monoisotopic (exact) mass is 615 g/mol. The molecule has 5 N–H and O–H groups in total. The van der Waals surface area contributed by atoms with Crippen LogP contribution in [0.5, 0.6) is 0 Å². The van der Waals surface area contributed by atoms with Crippen molar-refractivity contribution in [2.45, 2.75) is 18.6 Å². The molecule has 0 bridgehead atoms. The first-order valence-electron chi connectivity index (χ1n) is 13.7. The van der Waals surface area contributed by atoms with Crippen LogP contribution in [-0.2, 0) is 20.5 Å². The standard InChI is InChI=1S/C31H33ClF3N5O3/c32-25-20-23(11-12-24(25)31(33,34)35)38-30(42)29(37-14-3-15-40-16-18-43-19-17-40)22-9-6-21(7-10-22)8-13-28(41)39-27-5-2-1-4-26(27)36/h1-2,4-13,20,29,37H,3,14-19,36H2,(H,38,42)(H,39,41)/b13-8+. The Balaban J connectivity index is 1.43. The Morgan fingerprint density at radius 3 is 2.42 bits per heavy atom. The molecule has 0 radical (unpaired) electrons. The number of carbonyl (C=O) groups is 2. The maximum Gasteiger partial charge on any atom is 0.417 e. The number of nitrogens with two attached hydrogens (primary N) is 1. The van der Waals surface area contributed by atoms with Gasteiger partial charge in [-0.25, -0.2) is 0 Å². The topological polar surface area (TPSA) is 109 Å². The van der Waals surface area contributed by atoms with Crippen molar-refractivity contribution in [3.8, 4) is 0 Å². The number of nitrogens with one attached hydrogen (secondary N) is 3. The van der Waals surface area contributed by atoms with Gasteiger partial charge in [0.25, 0.3) is 0 Å². The van der Waals surface area contributed by atoms with E-state index in [1.165, 1.54) is 12.1 Å². The summed E-state index contributed by atoms with van der Waals surface area (Å²) in [5.74, 6) is -0.804. The van der Waals surface area contributed by atoms with E-state index in [9.17, 15) is 22.8 Å². The predicted octanol–water partition coefficient (Wildman–Crippen LogP) is 5.58. The van der Waals surface area contributed by atoms with Crippen molar-refractivity contribution >= 4 is 46.6 Å². The van der Waals surface area contributed by atoms with Crippen LogP contribution >= 0.6 is 11.6 Å². The number of rotatable bonds is 11. The predicted molar refractivity (Wildman–Crippen MR) is 163 cm³/mol. The molecule has 8 nitrogen and oxygen atoms in total. The second kappa shape index (κ2) is 15.0. The number of alkyl halides is 3. The molecule has 1 saturated heterocycles. The maximum absolute atomic E-state index is 13.4. The number of benzene rings is 3. The second-order valence-electron chi connectivity index (χ2n) is 9.95. The van der Waals surface area contributed by atoms with Crippen molar-refractivity contribution < 1.29 is 27.5 Å². The molecule has 1 atom stereocenters. The highest BCUT2D eigenvalue weighted by Crippen LogP contribution is 2.36. The van der Waals surface area contributed by atoms with Crippen molar-refractivity contribution in [3.05, 3.63) is 94.5 Å². The van der Waals surface area contributed by atoms with Crippen molar-refractivity contribution in [3.63, 3.8) is 0 Å². The first-order valence-corrected chi connectivity index (χ1v) is 14.1. The second-order valence-corrected chi connectivity index (χ2v) is 10.4. The molecular weight excluding hydrogens is 583 g/mol. The largest absolute Gasteiger partial charge is 0.417 e. The maximum atomic E-state index is 13.4. The van der Waals surface area contributed by atoms with Crippen LogP contribution in [-0.4, -0.2) is 56.1 Å². The van der Waals surface area contributed by atoms with E-state index in [0.29, 0.717) is 36.7 Å². The summed E-state index contributed by atoms with van der Waals surface area (Å²) in [6.07, 6.45) is -0.815. The Hall–Kier alpha value is -3.90. The zero-order chi connectivity index (χ0) is 30.8. The number of amides is 2. The normalized spacial score (nSPS) is 14.9. The van der Waals surface area contributed by atoms with Gasteiger partial charge in [-0.1, -0.05) is 48.0 Å². The Morgan fingerprint density at radius 2 is 1.74 bits per heavy atom. The number of hydrogen-bond donors (Lipinski definition) is 4. The average molecular weight is 616 g/mol. The van der Waals surface area contributed by atoms with E-state index < -0.39 is 28.7 Å². The minimum atomic E-state index is -4.60. The first kappa shape index (κ1) is 32.0. The molecular formula is C31H33ClF3N5O3. The lowest BCUT2D eigenvalue weighted by Crippen LogP contribution is -2.39. The van der Waals surface area contributed by atoms with Gasteiger partial charge in [-0.2, -0.15) is 13.2 Å². The Morgan fingerprint density at radius 1 is 1.02 bits per heavy atom. The fourth-order valence-corrected chi connectivity index (χ4v) is 4.82. The minimum Gasteiger partial charge on any atom is -0.397 e. The molecule has 4 rings (SSSR count). The van der Waals surface area contributed by atoms with Crippen molar-refractivity contribution in [2.24, 2.45) is 0 Å². The van der Waals surface area contributed by atoms with Crippen molar-refractivity contribution in [1.82, 2.24) is 10.2 Å². The minimum absolute atomic E-state index is 0.146. The molecule has 1 heterocycles. The Bertz CT molecular complexity index is 1430. The fourth-order valence-electron chi connectivity index (χ4n) is 4.53. The van der Waals surface area contributed by atoms with E-state index in [1.54, 1.807) is 54.6 Å². The summed E-state index contributed by atoms with van der Waals surface area (Å²) in [6, 6.07) is 16.3. The number of halogens is 4. The van der Waals surface area contributed by atoms with Gasteiger partial charge in [0, 0.05) is 24.9 Å². The summed E-state index contributed by atoms with van der Waals surface area (Å²) in [5, 5.41) is 8.16. The molecule has 12 heteroatoms. The van der Waals surface area contributed by atoms with E-state index in [4.69, 9.17) is 22.1 Å². The van der Waals surface area contributed by atoms with Gasteiger partial charge in [-0.05, 0) is 67.0 Å². The summed E-state index contributed by atoms with van der Waals surface area (Å²) in [7, 11) is 0. The number of hydrogen-bond acceptors (Lipinski definition) is 6. The van der Waals surface area contributed by atoms with E-state index in [0.717, 1.165) is 43.8 Å². The molecule has 1 aliphatic rings. The number of morpholine rings is 1. The molecule has 3 aromatic rings. The lowest BCUT2D eigenvalue weighted by molar-refractivity contribution is -0.137. The summed E-state index contributed by atoms with van der Waals surface area (Å²) < 4.78 is 44.7. The van der Waals surface area contributed by atoms with E-state index in [-0.39, 0.29) is 11.6 Å². The van der Waals surface area contributed by atoms with Gasteiger partial charge in [0.1, 0.15) is 6.04 Å². The molecule has 0 spiro atoms. The zero-order valence-electron chi connectivity index (χ0n) is 23.3. The Labute approximate surface area is 253 Å². The third kappa shape index (κ3) is 9.55. The Kier molecular flexibility index (Phi) is 11.2. The quantitative estimate of drug-likeness (QED) is 0.127. The summed E-state index contributed by atoms with van der Waals surface area (Å²) in [6.45, 7) is 4.44. The van der Waals surface area contributed by atoms with E-state index in [1.807, 2.05) is 0 Å². The highest BCUT2D eigenvalue weighted by Gasteiger charge is 2.33. The molecule has 0 aliphatic carbocycles. The number of para-hydroxylation sites is 2. The van der Waals surface area contributed by atoms with E-state index >= 15 is 0 Å². The zero-order valence-corrected chi connectivity index (χ0v) is 24.0. The summed E-state index contributed by atoms with van der Waals surface area (Å²) in [5.41, 5.74) is 7.36. The number of ether oxygens (including phenoxy) is 1. The van der Waals surface area contributed by atoms with Gasteiger partial charge in [0.15, 0.2) is 0 Å². The summed E-state index contributed by atoms with van der Waals surface area (Å²) >= 11 is 5.85. The van der Waals surface area contributed by atoms with Crippen LogP contribution in [0.15, 0.2) is 72.8 Å². The lowest BCUT2D eigenvalue weighted by atomic mass is 10.0. The van der Waals surface area contributed by atoms with Gasteiger partial charge >= 0.3 is 6.18 Å². The molecule has 228 valence electrons. The molecule has 0 saturated carbocycles. The van der Waals surface area contributed by atoms with Crippen LogP contribution < -0.4 is 21.7 Å². The van der Waals surface area contributed by atoms with Crippen molar-refractivity contribution in [1.29, 1.82) is 0 Å². The SMILES string of the molecule is Nc1ccccc1NC(=O)/C=C/c1ccc(C(NCCCN2CCOCC2)C(=O)Nc2ccc(C(F)(F)F)c(Cl)c2)cc1. The summed E-state index contributed by atoms with van der Waals surface area (Å²) in [4.78, 5) is 28.0. The molecule has 1 aliphatic heterocycles. The molecule has 1 unspecified atom stereocenters. The molecule has 2 amide bonds. The van der Waals surface area contributed by atoms with Gasteiger partial charge in [0.2, 0.25) is 11.8 Å². The van der Waals surface area contributed by atoms with E-state index in [2.05, 4.69) is 20.9 Å². The molecule has 43 heavy (non-hydrogen) atoms. The van der Waals surface area contributed by atoms with Crippen LogP contribution in [0.1, 0.15) is 29.2 Å². The van der Waals surface area contributed by atoms with Gasteiger partial charge in [0.05, 0.1) is 35.2 Å². The highest BCUT2D eigenvalue weighted by molar-refractivity contribution is 6.31. The number of anilines is 3. The molecule has 0 aromatic heterocycles. The number of carbonyl (C=O) groups excluding carboxylic acids is 2. The van der Waals surface area contributed by atoms with Gasteiger partial charge in [-0.15, -0.1) is 0 Å². The van der Waals surface area contributed by atoms with Crippen LogP contribution in [0.2, 0.25) is 5.02 Å². The number of nitrogen functional groups attached to an aromatic ring is 1. The molecule has 3 aromatic carbocycles. The highest BCUT2D eigenvalue weighted by atomic mass is 35.5. The third-order valence-corrected chi connectivity index (χ3v) is 7.14.